The number of halogens is 4. The standard InChI is InChI=1S/C9H7ClF3N/c10-6-2-1-5-3-8(9(11,12)13)14-7(5)4-6/h1-2,4,8,14H,3H2. The van der Waals surface area contributed by atoms with E-state index in [2.05, 4.69) is 5.32 Å². The van der Waals surface area contributed by atoms with E-state index in [-0.39, 0.29) is 6.42 Å². The van der Waals surface area contributed by atoms with Gasteiger partial charge in [0.05, 0.1) is 0 Å². The topological polar surface area (TPSA) is 12.0 Å². The lowest BCUT2D eigenvalue weighted by atomic mass is 10.1. The zero-order chi connectivity index (χ0) is 10.3. The first kappa shape index (κ1) is 9.65. The van der Waals surface area contributed by atoms with Gasteiger partial charge in [-0.2, -0.15) is 13.2 Å². The molecule has 1 aliphatic rings. The first-order valence-electron chi connectivity index (χ1n) is 4.08. The van der Waals surface area contributed by atoms with E-state index in [1.54, 1.807) is 12.1 Å². The Hall–Kier alpha value is -0.900. The Balaban J connectivity index is 2.26. The largest absolute Gasteiger partial charge is 0.408 e. The predicted octanol–water partition coefficient (Wildman–Crippen LogP) is 3.24. The number of rotatable bonds is 0. The molecule has 0 saturated carbocycles. The summed E-state index contributed by atoms with van der Waals surface area (Å²) in [5.41, 5.74) is 1.15. The van der Waals surface area contributed by atoms with Gasteiger partial charge in [0, 0.05) is 17.1 Å². The highest BCUT2D eigenvalue weighted by Gasteiger charge is 2.42. The quantitative estimate of drug-likeness (QED) is 0.709. The van der Waals surface area contributed by atoms with Crippen molar-refractivity contribution in [1.29, 1.82) is 0 Å². The zero-order valence-electron chi connectivity index (χ0n) is 7.03. The summed E-state index contributed by atoms with van der Waals surface area (Å²) >= 11 is 5.66. The molecule has 14 heavy (non-hydrogen) atoms. The molecule has 0 spiro atoms. The van der Waals surface area contributed by atoms with E-state index in [4.69, 9.17) is 11.6 Å². The van der Waals surface area contributed by atoms with Crippen molar-refractivity contribution in [3.63, 3.8) is 0 Å². The van der Waals surface area contributed by atoms with Crippen LogP contribution in [0.15, 0.2) is 18.2 Å². The second-order valence-corrected chi connectivity index (χ2v) is 3.68. The fraction of sp³-hybridized carbons (Fsp3) is 0.333. The molecule has 1 unspecified atom stereocenters. The number of fused-ring (bicyclic) bond motifs is 1. The highest BCUT2D eigenvalue weighted by Crippen LogP contribution is 2.35. The summed E-state index contributed by atoms with van der Waals surface area (Å²) in [5.74, 6) is 0. The molecule has 1 aliphatic heterocycles. The Morgan fingerprint density at radius 3 is 2.71 bits per heavy atom. The monoisotopic (exact) mass is 221 g/mol. The minimum absolute atomic E-state index is 0.0179. The lowest BCUT2D eigenvalue weighted by molar-refractivity contribution is -0.140. The SMILES string of the molecule is FC(F)(F)C1Cc2ccc(Cl)cc2N1. The third kappa shape index (κ3) is 1.66. The van der Waals surface area contributed by atoms with Gasteiger partial charge in [-0.25, -0.2) is 0 Å². The first-order chi connectivity index (χ1) is 6.47. The molecule has 1 aromatic rings. The Labute approximate surface area is 83.9 Å². The van der Waals surface area contributed by atoms with E-state index >= 15 is 0 Å². The summed E-state index contributed by atoms with van der Waals surface area (Å²) in [6.45, 7) is 0. The fourth-order valence-electron chi connectivity index (χ4n) is 1.52. The molecule has 0 saturated heterocycles. The molecule has 1 heterocycles. The van der Waals surface area contributed by atoms with E-state index in [1.807, 2.05) is 0 Å². The molecular weight excluding hydrogens is 215 g/mol. The van der Waals surface area contributed by atoms with Crippen LogP contribution in [0.3, 0.4) is 0 Å². The number of nitrogens with one attached hydrogen (secondary N) is 1. The minimum atomic E-state index is -4.20. The van der Waals surface area contributed by atoms with Crippen molar-refractivity contribution in [3.05, 3.63) is 28.8 Å². The summed E-state index contributed by atoms with van der Waals surface area (Å²) in [4.78, 5) is 0. The summed E-state index contributed by atoms with van der Waals surface area (Å²) in [6, 6.07) is 3.26. The molecule has 0 bridgehead atoms. The number of benzene rings is 1. The van der Waals surface area contributed by atoms with Crippen molar-refractivity contribution in [1.82, 2.24) is 0 Å². The van der Waals surface area contributed by atoms with Gasteiger partial charge in [0.2, 0.25) is 0 Å². The van der Waals surface area contributed by atoms with Crippen molar-refractivity contribution < 1.29 is 13.2 Å². The molecular formula is C9H7ClF3N. The molecule has 76 valence electrons. The Morgan fingerprint density at radius 2 is 2.07 bits per heavy atom. The van der Waals surface area contributed by atoms with Crippen LogP contribution in [0.25, 0.3) is 0 Å². The second kappa shape index (κ2) is 3.05. The van der Waals surface area contributed by atoms with Gasteiger partial charge < -0.3 is 5.32 Å². The summed E-state index contributed by atoms with van der Waals surface area (Å²) in [6.07, 6.45) is -4.22. The molecule has 2 rings (SSSR count). The van der Waals surface area contributed by atoms with Gasteiger partial charge in [0.15, 0.2) is 0 Å². The lowest BCUT2D eigenvalue weighted by Crippen LogP contribution is -2.34. The molecule has 0 aliphatic carbocycles. The maximum absolute atomic E-state index is 12.3. The van der Waals surface area contributed by atoms with Crippen molar-refractivity contribution in [2.75, 3.05) is 5.32 Å². The smallest absolute Gasteiger partial charge is 0.373 e. The molecule has 1 nitrogen and oxygen atoms in total. The number of alkyl halides is 3. The first-order valence-corrected chi connectivity index (χ1v) is 4.46. The summed E-state index contributed by atoms with van der Waals surface area (Å²) in [5, 5.41) is 2.85. The normalized spacial score (nSPS) is 20.4. The molecule has 1 N–H and O–H groups in total. The Morgan fingerprint density at radius 1 is 1.36 bits per heavy atom. The van der Waals surface area contributed by atoms with Gasteiger partial charge >= 0.3 is 6.18 Å². The molecule has 0 amide bonds. The number of anilines is 1. The van der Waals surface area contributed by atoms with E-state index in [0.29, 0.717) is 16.3 Å². The highest BCUT2D eigenvalue weighted by atomic mass is 35.5. The van der Waals surface area contributed by atoms with Crippen LogP contribution < -0.4 is 5.32 Å². The predicted molar refractivity (Wildman–Crippen MR) is 48.6 cm³/mol. The third-order valence-electron chi connectivity index (χ3n) is 2.22. The Bertz CT molecular complexity index is 362. The van der Waals surface area contributed by atoms with Gasteiger partial charge in [-0.3, -0.25) is 0 Å². The molecule has 0 fully saturated rings. The molecule has 1 aromatic carbocycles. The van der Waals surface area contributed by atoms with Crippen LogP contribution in [0, 0.1) is 0 Å². The Kier molecular flexibility index (Phi) is 2.10. The molecule has 1 atom stereocenters. The zero-order valence-corrected chi connectivity index (χ0v) is 7.78. The van der Waals surface area contributed by atoms with E-state index in [0.717, 1.165) is 0 Å². The van der Waals surface area contributed by atoms with E-state index in [1.165, 1.54) is 6.07 Å². The van der Waals surface area contributed by atoms with Gasteiger partial charge in [0.25, 0.3) is 0 Å². The average molecular weight is 222 g/mol. The van der Waals surface area contributed by atoms with E-state index < -0.39 is 12.2 Å². The van der Waals surface area contributed by atoms with Crippen molar-refractivity contribution >= 4 is 17.3 Å². The van der Waals surface area contributed by atoms with Crippen LogP contribution >= 0.6 is 11.6 Å². The van der Waals surface area contributed by atoms with Crippen LogP contribution in [0.5, 0.6) is 0 Å². The minimum Gasteiger partial charge on any atom is -0.373 e. The van der Waals surface area contributed by atoms with Gasteiger partial charge in [-0.1, -0.05) is 17.7 Å². The molecule has 0 radical (unpaired) electrons. The number of hydrogen-bond donors (Lipinski definition) is 1. The van der Waals surface area contributed by atoms with Gasteiger partial charge in [-0.05, 0) is 17.7 Å². The third-order valence-corrected chi connectivity index (χ3v) is 2.46. The second-order valence-electron chi connectivity index (χ2n) is 3.24. The van der Waals surface area contributed by atoms with Crippen molar-refractivity contribution in [2.45, 2.75) is 18.6 Å². The molecule has 0 aromatic heterocycles. The van der Waals surface area contributed by atoms with Gasteiger partial charge in [0.1, 0.15) is 6.04 Å². The lowest BCUT2D eigenvalue weighted by Gasteiger charge is -2.14. The average Bonchev–Trinajstić information content (AvgIpc) is 2.45. The van der Waals surface area contributed by atoms with Crippen LogP contribution in [-0.2, 0) is 6.42 Å². The summed E-state index contributed by atoms with van der Waals surface area (Å²) < 4.78 is 37.0. The van der Waals surface area contributed by atoms with Crippen molar-refractivity contribution in [3.8, 4) is 0 Å². The summed E-state index contributed by atoms with van der Waals surface area (Å²) in [7, 11) is 0. The number of hydrogen-bond acceptors (Lipinski definition) is 1. The molecule has 5 heteroatoms. The van der Waals surface area contributed by atoms with Crippen LogP contribution in [-0.4, -0.2) is 12.2 Å². The van der Waals surface area contributed by atoms with E-state index in [9.17, 15) is 13.2 Å². The fourth-order valence-corrected chi connectivity index (χ4v) is 1.69. The van der Waals surface area contributed by atoms with Crippen LogP contribution in [0.1, 0.15) is 5.56 Å². The van der Waals surface area contributed by atoms with Gasteiger partial charge in [-0.15, -0.1) is 0 Å². The van der Waals surface area contributed by atoms with Crippen molar-refractivity contribution in [2.24, 2.45) is 0 Å². The van der Waals surface area contributed by atoms with Crippen LogP contribution in [0.4, 0.5) is 18.9 Å². The maximum atomic E-state index is 12.3. The maximum Gasteiger partial charge on any atom is 0.408 e. The van der Waals surface area contributed by atoms with Crippen LogP contribution in [0.2, 0.25) is 5.02 Å². The highest BCUT2D eigenvalue weighted by molar-refractivity contribution is 6.30.